The van der Waals surface area contributed by atoms with Gasteiger partial charge in [-0.3, -0.25) is 0 Å². The average Bonchev–Trinajstić information content (AvgIpc) is 3.22. The van der Waals surface area contributed by atoms with E-state index in [4.69, 9.17) is 4.42 Å². The molecule has 0 saturated heterocycles. The molecular formula is C34H52OS2. The SMILES string of the molecule is CCCCCCCCCCSc1cc2c(cc1C)oc1cc(C)c(SCCCCCCCCCC)cc12. The summed E-state index contributed by atoms with van der Waals surface area (Å²) in [5.41, 5.74) is 4.76. The molecule has 37 heavy (non-hydrogen) atoms. The van der Waals surface area contributed by atoms with Crippen LogP contribution in [0.15, 0.2) is 38.5 Å². The minimum absolute atomic E-state index is 1.04. The number of rotatable bonds is 20. The van der Waals surface area contributed by atoms with E-state index in [0.29, 0.717) is 0 Å². The van der Waals surface area contributed by atoms with Crippen LogP contribution >= 0.6 is 23.5 Å². The van der Waals surface area contributed by atoms with E-state index in [1.807, 2.05) is 23.5 Å². The molecule has 0 aliphatic carbocycles. The maximum atomic E-state index is 6.30. The molecule has 0 unspecified atom stereocenters. The van der Waals surface area contributed by atoms with Gasteiger partial charge in [-0.25, -0.2) is 0 Å². The third-order valence-electron chi connectivity index (χ3n) is 7.58. The van der Waals surface area contributed by atoms with E-state index < -0.39 is 0 Å². The van der Waals surface area contributed by atoms with Crippen LogP contribution in [0.5, 0.6) is 0 Å². The lowest BCUT2D eigenvalue weighted by atomic mass is 10.1. The molecular weight excluding hydrogens is 489 g/mol. The molecule has 3 rings (SSSR count). The van der Waals surface area contributed by atoms with Crippen LogP contribution in [0.4, 0.5) is 0 Å². The van der Waals surface area contributed by atoms with E-state index in [9.17, 15) is 0 Å². The number of furan rings is 1. The smallest absolute Gasteiger partial charge is 0.135 e. The molecule has 1 nitrogen and oxygen atoms in total. The third-order valence-corrected chi connectivity index (χ3v) is 10.1. The fourth-order valence-corrected chi connectivity index (χ4v) is 7.29. The molecule has 0 aliphatic heterocycles. The molecule has 3 aromatic rings. The van der Waals surface area contributed by atoms with Crippen LogP contribution in [0.1, 0.15) is 128 Å². The van der Waals surface area contributed by atoms with E-state index in [-0.39, 0.29) is 0 Å². The Morgan fingerprint density at radius 2 is 0.838 bits per heavy atom. The second-order valence-corrected chi connectivity index (χ2v) is 13.2. The maximum absolute atomic E-state index is 6.30. The zero-order valence-corrected chi connectivity index (χ0v) is 25.9. The number of thioether (sulfide) groups is 2. The lowest BCUT2D eigenvalue weighted by molar-refractivity contribution is 0.586. The second kappa shape index (κ2) is 17.5. The Balaban J connectivity index is 1.51. The van der Waals surface area contributed by atoms with Gasteiger partial charge in [0.15, 0.2) is 0 Å². The van der Waals surface area contributed by atoms with Crippen molar-refractivity contribution in [1.82, 2.24) is 0 Å². The first-order valence-corrected chi connectivity index (χ1v) is 17.3. The van der Waals surface area contributed by atoms with Gasteiger partial charge >= 0.3 is 0 Å². The normalized spacial score (nSPS) is 11.8. The van der Waals surface area contributed by atoms with Crippen molar-refractivity contribution in [1.29, 1.82) is 0 Å². The van der Waals surface area contributed by atoms with Crippen molar-refractivity contribution >= 4 is 45.5 Å². The van der Waals surface area contributed by atoms with Crippen molar-refractivity contribution in [3.05, 3.63) is 35.4 Å². The maximum Gasteiger partial charge on any atom is 0.135 e. The Hall–Kier alpha value is -1.06. The fourth-order valence-electron chi connectivity index (χ4n) is 5.18. The highest BCUT2D eigenvalue weighted by Gasteiger charge is 2.13. The molecule has 2 aromatic carbocycles. The fraction of sp³-hybridized carbons (Fsp3) is 0.647. The summed E-state index contributed by atoms with van der Waals surface area (Å²) in [6, 6.07) is 9.31. The first-order valence-electron chi connectivity index (χ1n) is 15.4. The molecule has 206 valence electrons. The molecule has 1 aromatic heterocycles. The van der Waals surface area contributed by atoms with Crippen LogP contribution < -0.4 is 0 Å². The minimum atomic E-state index is 1.04. The number of hydrogen-bond donors (Lipinski definition) is 0. The predicted molar refractivity (Wildman–Crippen MR) is 170 cm³/mol. The van der Waals surface area contributed by atoms with Gasteiger partial charge in [0.1, 0.15) is 11.2 Å². The molecule has 0 saturated carbocycles. The Morgan fingerprint density at radius 1 is 0.486 bits per heavy atom. The van der Waals surface area contributed by atoms with Gasteiger partial charge in [0, 0.05) is 20.6 Å². The van der Waals surface area contributed by atoms with E-state index in [0.717, 1.165) is 11.2 Å². The van der Waals surface area contributed by atoms with Gasteiger partial charge in [-0.05, 0) is 73.6 Å². The van der Waals surface area contributed by atoms with Gasteiger partial charge < -0.3 is 4.42 Å². The molecule has 0 fully saturated rings. The van der Waals surface area contributed by atoms with Crippen LogP contribution in [0.2, 0.25) is 0 Å². The third kappa shape index (κ3) is 10.2. The topological polar surface area (TPSA) is 13.1 Å². The molecule has 0 aliphatic rings. The number of unbranched alkanes of at least 4 members (excludes halogenated alkanes) is 14. The Labute approximate surface area is 236 Å². The zero-order chi connectivity index (χ0) is 26.3. The predicted octanol–water partition coefficient (Wildman–Crippen LogP) is 12.7. The summed E-state index contributed by atoms with van der Waals surface area (Å²) in [5.74, 6) is 2.44. The van der Waals surface area contributed by atoms with Gasteiger partial charge in [-0.15, -0.1) is 23.5 Å². The number of benzene rings is 2. The average molecular weight is 541 g/mol. The zero-order valence-electron chi connectivity index (χ0n) is 24.3. The van der Waals surface area contributed by atoms with Crippen molar-refractivity contribution in [2.75, 3.05) is 11.5 Å². The second-order valence-electron chi connectivity index (χ2n) is 11.0. The molecule has 3 heteroatoms. The number of fused-ring (bicyclic) bond motifs is 3. The van der Waals surface area contributed by atoms with Crippen molar-refractivity contribution < 1.29 is 4.42 Å². The summed E-state index contributed by atoms with van der Waals surface area (Å²) < 4.78 is 6.30. The molecule has 0 N–H and O–H groups in total. The van der Waals surface area contributed by atoms with E-state index in [1.165, 1.54) is 146 Å². The van der Waals surface area contributed by atoms with Crippen molar-refractivity contribution in [3.63, 3.8) is 0 Å². The molecule has 0 atom stereocenters. The monoisotopic (exact) mass is 540 g/mol. The largest absolute Gasteiger partial charge is 0.456 e. The standard InChI is InChI=1S/C34H52OS2/c1-5-7-9-11-13-15-17-19-21-36-33-25-29-30-26-34(37-22-20-18-16-14-12-10-8-6-2)28(4)24-32(30)35-31(29)23-27(33)3/h23-26H,5-22H2,1-4H3. The quantitative estimate of drug-likeness (QED) is 0.104. The summed E-state index contributed by atoms with van der Waals surface area (Å²) >= 11 is 4.07. The van der Waals surface area contributed by atoms with Crippen LogP contribution in [-0.4, -0.2) is 11.5 Å². The van der Waals surface area contributed by atoms with Gasteiger partial charge in [-0.2, -0.15) is 0 Å². The van der Waals surface area contributed by atoms with Crippen LogP contribution in [0.25, 0.3) is 21.9 Å². The van der Waals surface area contributed by atoms with Crippen molar-refractivity contribution in [3.8, 4) is 0 Å². The van der Waals surface area contributed by atoms with Crippen LogP contribution in [0.3, 0.4) is 0 Å². The first-order chi connectivity index (χ1) is 18.1. The highest BCUT2D eigenvalue weighted by Crippen LogP contribution is 2.38. The van der Waals surface area contributed by atoms with E-state index in [2.05, 4.69) is 52.0 Å². The lowest BCUT2D eigenvalue weighted by Gasteiger charge is -2.07. The van der Waals surface area contributed by atoms with Crippen molar-refractivity contribution in [2.24, 2.45) is 0 Å². The molecule has 1 heterocycles. The van der Waals surface area contributed by atoms with Gasteiger partial charge in [-0.1, -0.05) is 104 Å². The Bertz CT molecular complexity index is 969. The summed E-state index contributed by atoms with van der Waals surface area (Å²) in [5, 5.41) is 2.57. The first kappa shape index (κ1) is 30.5. The molecule has 0 amide bonds. The number of hydrogen-bond acceptors (Lipinski definition) is 3. The summed E-state index contributed by atoms with van der Waals surface area (Å²) in [6.45, 7) is 9.05. The Kier molecular flexibility index (Phi) is 14.4. The van der Waals surface area contributed by atoms with Crippen molar-refractivity contribution in [2.45, 2.75) is 140 Å². The highest BCUT2D eigenvalue weighted by atomic mass is 32.2. The minimum Gasteiger partial charge on any atom is -0.456 e. The van der Waals surface area contributed by atoms with Gasteiger partial charge in [0.25, 0.3) is 0 Å². The highest BCUT2D eigenvalue weighted by molar-refractivity contribution is 7.99. The molecule has 0 radical (unpaired) electrons. The van der Waals surface area contributed by atoms with E-state index in [1.54, 1.807) is 0 Å². The Morgan fingerprint density at radius 3 is 1.22 bits per heavy atom. The molecule has 0 bridgehead atoms. The lowest BCUT2D eigenvalue weighted by Crippen LogP contribution is -1.86. The summed E-state index contributed by atoms with van der Waals surface area (Å²) in [7, 11) is 0. The van der Waals surface area contributed by atoms with Gasteiger partial charge in [0.2, 0.25) is 0 Å². The number of aryl methyl sites for hydroxylation is 2. The van der Waals surface area contributed by atoms with Gasteiger partial charge in [0.05, 0.1) is 0 Å². The summed E-state index contributed by atoms with van der Waals surface area (Å²) in [4.78, 5) is 2.85. The van der Waals surface area contributed by atoms with Crippen LogP contribution in [0, 0.1) is 13.8 Å². The molecule has 0 spiro atoms. The summed E-state index contributed by atoms with van der Waals surface area (Å²) in [6.07, 6.45) is 22.2. The van der Waals surface area contributed by atoms with E-state index >= 15 is 0 Å². The van der Waals surface area contributed by atoms with Crippen LogP contribution in [-0.2, 0) is 0 Å².